The van der Waals surface area contributed by atoms with Gasteiger partial charge in [0, 0.05) is 38.0 Å². The van der Waals surface area contributed by atoms with Crippen LogP contribution in [0.2, 0.25) is 0 Å². The molecule has 7 aliphatic rings. The third-order valence-corrected chi connectivity index (χ3v) is 14.0. The molecule has 6 saturated heterocycles. The topological polar surface area (TPSA) is 183 Å². The molecule has 6 fully saturated rings. The number of carboxylic acids is 1. The van der Waals surface area contributed by atoms with Crippen molar-refractivity contribution in [1.29, 1.82) is 0 Å². The van der Waals surface area contributed by atoms with Crippen LogP contribution in [-0.2, 0) is 38.0 Å². The molecule has 0 aliphatic carbocycles. The molecule has 0 aromatic carbocycles. The molecule has 322 valence electrons. The Hall–Kier alpha value is -1.75. The molecule has 57 heavy (non-hydrogen) atoms. The number of aliphatic hydroxyl groups excluding tert-OH is 3. The highest BCUT2D eigenvalue weighted by molar-refractivity contribution is 5.76. The third kappa shape index (κ3) is 9.15. The molecule has 0 aromatic rings. The highest BCUT2D eigenvalue weighted by atomic mass is 16.7. The second-order valence-electron chi connectivity index (χ2n) is 18.9. The second kappa shape index (κ2) is 17.0. The molecule has 0 amide bonds. The first-order valence-corrected chi connectivity index (χ1v) is 21.7. The van der Waals surface area contributed by atoms with Crippen LogP contribution < -0.4 is 0 Å². The average molecular weight is 805 g/mol. The summed E-state index contributed by atoms with van der Waals surface area (Å²) in [6, 6.07) is 0. The summed E-state index contributed by atoms with van der Waals surface area (Å²) in [5.74, 6) is -3.82. The van der Waals surface area contributed by atoms with Gasteiger partial charge in [0.15, 0.2) is 17.2 Å². The number of hydrogen-bond acceptors (Lipinski definition) is 12. The lowest BCUT2D eigenvalue weighted by molar-refractivity contribution is -0.321. The standard InChI is InChI=1S/C44H68O13/c1-25-21-34(55-44(23-25)35(46)12-11-31(54-44)24-41(6,50)40(48)49)26(2)9-10-30-14-18-43(53-30)19-15-33-39(57-43)36(47)29(5)38(52-33)32(45)22-28(4)37-27(3)13-17-42(56-37)16-7-8-20-51-42/h9-10,23,26-28,30-39,45-47,50H,5,7-8,11-22,24H2,1-4,6H3,(H,48,49)/b10-9+/t26-,27-,28+,30?,31+,32?,33?,34+,35?,36-,37?,38+,39?,41-,42+,43-,44-/m1/s1. The van der Waals surface area contributed by atoms with E-state index in [4.69, 9.17) is 33.2 Å². The zero-order valence-corrected chi connectivity index (χ0v) is 34.6. The first-order chi connectivity index (χ1) is 26.9. The normalized spacial score (nSPS) is 45.4. The predicted molar refractivity (Wildman–Crippen MR) is 208 cm³/mol. The van der Waals surface area contributed by atoms with Gasteiger partial charge in [0.2, 0.25) is 5.79 Å². The number of ether oxygens (including phenoxy) is 7. The Morgan fingerprint density at radius 3 is 2.49 bits per heavy atom. The van der Waals surface area contributed by atoms with Crippen molar-refractivity contribution in [3.8, 4) is 0 Å². The van der Waals surface area contributed by atoms with Crippen LogP contribution in [0.1, 0.15) is 125 Å². The maximum Gasteiger partial charge on any atom is 0.335 e. The number of rotatable bonds is 10. The van der Waals surface area contributed by atoms with Gasteiger partial charge in [0.1, 0.15) is 24.4 Å². The summed E-state index contributed by atoms with van der Waals surface area (Å²) in [5.41, 5.74) is -0.551. The van der Waals surface area contributed by atoms with Crippen LogP contribution in [0.15, 0.2) is 36.0 Å². The van der Waals surface area contributed by atoms with Crippen LogP contribution in [0.25, 0.3) is 0 Å². The zero-order valence-electron chi connectivity index (χ0n) is 34.6. The zero-order chi connectivity index (χ0) is 40.9. The molecule has 7 heterocycles. The van der Waals surface area contributed by atoms with Crippen LogP contribution in [0.3, 0.4) is 0 Å². The van der Waals surface area contributed by atoms with Crippen molar-refractivity contribution in [2.45, 2.75) is 209 Å². The maximum atomic E-state index is 11.6. The van der Waals surface area contributed by atoms with Crippen molar-refractivity contribution in [3.05, 3.63) is 36.0 Å². The van der Waals surface area contributed by atoms with Crippen molar-refractivity contribution in [3.63, 3.8) is 0 Å². The van der Waals surface area contributed by atoms with Crippen molar-refractivity contribution >= 4 is 5.97 Å². The minimum atomic E-state index is -1.96. The molecule has 0 saturated carbocycles. The number of carbonyl (C=O) groups is 1. The minimum Gasteiger partial charge on any atom is -0.479 e. The molecule has 3 spiro atoms. The SMILES string of the molecule is C=C1[C@@H](O)C2O[C@]3(CCC(/C=C/[C@@H](C)[C@@H]4CC(C)=C[C@@]5(O[C@H](C[C@@](C)(O)C(=O)O)CCC5O)O4)O3)CCC2O[C@@H]1C(O)C[C@H](C)C1O[C@@]2(CCCCO2)CC[C@H]1C. The Morgan fingerprint density at radius 2 is 1.75 bits per heavy atom. The van der Waals surface area contributed by atoms with Crippen molar-refractivity contribution < 1.29 is 63.5 Å². The highest BCUT2D eigenvalue weighted by Crippen LogP contribution is 2.47. The van der Waals surface area contributed by atoms with Gasteiger partial charge < -0.3 is 58.7 Å². The average Bonchev–Trinajstić information content (AvgIpc) is 3.56. The number of hydrogen-bond donors (Lipinski definition) is 5. The Bertz CT molecular complexity index is 1510. The lowest BCUT2D eigenvalue weighted by atomic mass is 9.79. The van der Waals surface area contributed by atoms with Gasteiger partial charge >= 0.3 is 5.97 Å². The van der Waals surface area contributed by atoms with Gasteiger partial charge in [-0.3, -0.25) is 0 Å². The summed E-state index contributed by atoms with van der Waals surface area (Å²) < 4.78 is 45.2. The van der Waals surface area contributed by atoms with Gasteiger partial charge in [-0.15, -0.1) is 0 Å². The first-order valence-electron chi connectivity index (χ1n) is 21.7. The molecule has 5 N–H and O–H groups in total. The van der Waals surface area contributed by atoms with Gasteiger partial charge in [-0.1, -0.05) is 45.1 Å². The monoisotopic (exact) mass is 804 g/mol. The van der Waals surface area contributed by atoms with Gasteiger partial charge in [-0.05, 0) is 95.1 Å². The van der Waals surface area contributed by atoms with Gasteiger partial charge in [-0.2, -0.15) is 0 Å². The largest absolute Gasteiger partial charge is 0.479 e. The Kier molecular flexibility index (Phi) is 12.9. The fraction of sp³-hybridized carbons (Fsp3) is 0.841. The maximum absolute atomic E-state index is 11.6. The third-order valence-electron chi connectivity index (χ3n) is 14.0. The lowest BCUT2D eigenvalue weighted by Crippen LogP contribution is -2.60. The second-order valence-corrected chi connectivity index (χ2v) is 18.9. The lowest BCUT2D eigenvalue weighted by Gasteiger charge is -2.50. The van der Waals surface area contributed by atoms with Crippen LogP contribution in [0.4, 0.5) is 0 Å². The molecule has 13 nitrogen and oxygen atoms in total. The molecule has 0 aromatic heterocycles. The smallest absolute Gasteiger partial charge is 0.335 e. The van der Waals surface area contributed by atoms with E-state index >= 15 is 0 Å². The van der Waals surface area contributed by atoms with Crippen molar-refractivity contribution in [2.24, 2.45) is 17.8 Å². The molecule has 17 atom stereocenters. The minimum absolute atomic E-state index is 0.0423. The number of aliphatic carboxylic acids is 1. The van der Waals surface area contributed by atoms with E-state index in [1.807, 2.05) is 19.9 Å². The quantitative estimate of drug-likeness (QED) is 0.182. The Balaban J connectivity index is 0.920. The fourth-order valence-corrected chi connectivity index (χ4v) is 10.5. The molecule has 6 unspecified atom stereocenters. The van der Waals surface area contributed by atoms with E-state index in [1.165, 1.54) is 6.92 Å². The van der Waals surface area contributed by atoms with Gasteiger partial charge in [0.25, 0.3) is 0 Å². The number of fused-ring (bicyclic) bond motifs is 1. The molecular weight excluding hydrogens is 736 g/mol. The van der Waals surface area contributed by atoms with E-state index in [0.717, 1.165) is 50.7 Å². The van der Waals surface area contributed by atoms with E-state index in [9.17, 15) is 30.3 Å². The molecule has 7 rings (SSSR count). The van der Waals surface area contributed by atoms with E-state index < -0.39 is 71.7 Å². The number of aliphatic hydroxyl groups is 4. The van der Waals surface area contributed by atoms with Crippen LogP contribution >= 0.6 is 0 Å². The highest BCUT2D eigenvalue weighted by Gasteiger charge is 2.55. The molecule has 0 radical (unpaired) electrons. The molecular formula is C44H68O13. The van der Waals surface area contributed by atoms with E-state index in [2.05, 4.69) is 26.5 Å². The van der Waals surface area contributed by atoms with Gasteiger partial charge in [0.05, 0.1) is 43.2 Å². The van der Waals surface area contributed by atoms with Gasteiger partial charge in [-0.25, -0.2) is 4.79 Å². The van der Waals surface area contributed by atoms with Crippen molar-refractivity contribution in [2.75, 3.05) is 6.61 Å². The van der Waals surface area contributed by atoms with E-state index in [1.54, 1.807) is 6.08 Å². The summed E-state index contributed by atoms with van der Waals surface area (Å²) in [6.45, 7) is 14.5. The van der Waals surface area contributed by atoms with Crippen LogP contribution in [0.5, 0.6) is 0 Å². The Labute approximate surface area is 337 Å². The van der Waals surface area contributed by atoms with Crippen molar-refractivity contribution in [1.82, 2.24) is 0 Å². The molecule has 0 bridgehead atoms. The fourth-order valence-electron chi connectivity index (χ4n) is 10.5. The van der Waals surface area contributed by atoms with Crippen LogP contribution in [-0.4, -0.2) is 122 Å². The molecule has 7 aliphatic heterocycles. The summed E-state index contributed by atoms with van der Waals surface area (Å²) in [5, 5.41) is 54.0. The summed E-state index contributed by atoms with van der Waals surface area (Å²) in [6.07, 6.45) is 9.37. The van der Waals surface area contributed by atoms with E-state index in [0.29, 0.717) is 56.4 Å². The summed E-state index contributed by atoms with van der Waals surface area (Å²) in [7, 11) is 0. The first kappa shape index (κ1) is 43.3. The molecule has 13 heteroatoms. The Morgan fingerprint density at radius 1 is 1.00 bits per heavy atom. The summed E-state index contributed by atoms with van der Waals surface area (Å²) in [4.78, 5) is 11.6. The number of carboxylic acid groups (broad SMARTS) is 1. The van der Waals surface area contributed by atoms with Crippen LogP contribution in [0, 0.1) is 17.8 Å². The predicted octanol–water partition coefficient (Wildman–Crippen LogP) is 5.21. The van der Waals surface area contributed by atoms with E-state index in [-0.39, 0.29) is 36.6 Å². The summed E-state index contributed by atoms with van der Waals surface area (Å²) >= 11 is 0.